The summed E-state index contributed by atoms with van der Waals surface area (Å²) in [5, 5.41) is 3.25. The standard InChI is InChI=1S/C10H10BrNO/c1-6-4-7(11)5-8-9(13)2-3-12-10(6)8/h4-5,12H,2-3H2,1H3. The molecule has 1 aliphatic rings. The summed E-state index contributed by atoms with van der Waals surface area (Å²) in [5.41, 5.74) is 2.94. The van der Waals surface area contributed by atoms with Crippen molar-refractivity contribution in [3.8, 4) is 0 Å². The van der Waals surface area contributed by atoms with Gasteiger partial charge in [0.2, 0.25) is 0 Å². The van der Waals surface area contributed by atoms with Gasteiger partial charge >= 0.3 is 0 Å². The van der Waals surface area contributed by atoms with Crippen molar-refractivity contribution in [3.63, 3.8) is 0 Å². The summed E-state index contributed by atoms with van der Waals surface area (Å²) in [4.78, 5) is 11.5. The quantitative estimate of drug-likeness (QED) is 0.755. The maximum Gasteiger partial charge on any atom is 0.166 e. The molecule has 0 radical (unpaired) electrons. The lowest BCUT2D eigenvalue weighted by atomic mass is 9.99. The second-order valence-electron chi connectivity index (χ2n) is 3.25. The van der Waals surface area contributed by atoms with Gasteiger partial charge in [-0.3, -0.25) is 4.79 Å². The van der Waals surface area contributed by atoms with Crippen LogP contribution in [-0.4, -0.2) is 12.3 Å². The molecule has 1 aliphatic heterocycles. The Hall–Kier alpha value is -0.830. The molecule has 0 fully saturated rings. The van der Waals surface area contributed by atoms with Gasteiger partial charge in [0.1, 0.15) is 0 Å². The zero-order chi connectivity index (χ0) is 9.42. The van der Waals surface area contributed by atoms with E-state index in [4.69, 9.17) is 0 Å². The van der Waals surface area contributed by atoms with Gasteiger partial charge < -0.3 is 5.32 Å². The Balaban J connectivity index is 2.63. The van der Waals surface area contributed by atoms with Crippen LogP contribution in [0.2, 0.25) is 0 Å². The number of rotatable bonds is 0. The Morgan fingerprint density at radius 3 is 3.00 bits per heavy atom. The monoisotopic (exact) mass is 239 g/mol. The second-order valence-corrected chi connectivity index (χ2v) is 4.16. The third-order valence-corrected chi connectivity index (χ3v) is 2.71. The lowest BCUT2D eigenvalue weighted by Crippen LogP contribution is -2.18. The molecule has 1 aromatic carbocycles. The Morgan fingerprint density at radius 2 is 2.23 bits per heavy atom. The first-order valence-electron chi connectivity index (χ1n) is 4.25. The fourth-order valence-corrected chi connectivity index (χ4v) is 2.21. The van der Waals surface area contributed by atoms with Crippen LogP contribution in [0.1, 0.15) is 22.3 Å². The van der Waals surface area contributed by atoms with Crippen LogP contribution in [0.3, 0.4) is 0 Å². The lowest BCUT2D eigenvalue weighted by Gasteiger charge is -2.19. The summed E-state index contributed by atoms with van der Waals surface area (Å²) in [6.45, 7) is 2.77. The Bertz CT molecular complexity index is 373. The van der Waals surface area contributed by atoms with E-state index in [1.807, 2.05) is 19.1 Å². The zero-order valence-corrected chi connectivity index (χ0v) is 8.94. The fraction of sp³-hybridized carbons (Fsp3) is 0.300. The normalized spacial score (nSPS) is 15.1. The first-order valence-corrected chi connectivity index (χ1v) is 5.05. The van der Waals surface area contributed by atoms with Crippen molar-refractivity contribution < 1.29 is 4.79 Å². The highest BCUT2D eigenvalue weighted by atomic mass is 79.9. The molecule has 2 rings (SSSR count). The number of hydrogen-bond acceptors (Lipinski definition) is 2. The fourth-order valence-electron chi connectivity index (χ4n) is 1.63. The van der Waals surface area contributed by atoms with Crippen LogP contribution in [0.15, 0.2) is 16.6 Å². The van der Waals surface area contributed by atoms with Crippen molar-refractivity contribution in [2.45, 2.75) is 13.3 Å². The van der Waals surface area contributed by atoms with E-state index in [0.29, 0.717) is 6.42 Å². The maximum absolute atomic E-state index is 11.5. The SMILES string of the molecule is Cc1cc(Br)cc2c1NCCC2=O. The molecule has 2 nitrogen and oxygen atoms in total. The number of benzene rings is 1. The van der Waals surface area contributed by atoms with E-state index in [1.54, 1.807) is 0 Å². The molecule has 3 heteroatoms. The number of fused-ring (bicyclic) bond motifs is 1. The average molecular weight is 240 g/mol. The van der Waals surface area contributed by atoms with Crippen molar-refractivity contribution >= 4 is 27.4 Å². The zero-order valence-electron chi connectivity index (χ0n) is 7.36. The molecule has 0 spiro atoms. The predicted octanol–water partition coefficient (Wildman–Crippen LogP) is 2.76. The Labute approximate surface area is 85.5 Å². The molecule has 1 aromatic rings. The number of carbonyl (C=O) groups excluding carboxylic acids is 1. The van der Waals surface area contributed by atoms with Gasteiger partial charge in [0.25, 0.3) is 0 Å². The number of nitrogens with one attached hydrogen (secondary N) is 1. The highest BCUT2D eigenvalue weighted by Crippen LogP contribution is 2.29. The Kier molecular flexibility index (Phi) is 2.12. The number of Topliss-reactive ketones (excluding diaryl/α,β-unsaturated/α-hetero) is 1. The molecule has 0 bridgehead atoms. The number of halogens is 1. The Morgan fingerprint density at radius 1 is 1.46 bits per heavy atom. The molecular weight excluding hydrogens is 230 g/mol. The van der Waals surface area contributed by atoms with Crippen molar-refractivity contribution in [2.24, 2.45) is 0 Å². The molecular formula is C10H10BrNO. The molecule has 0 amide bonds. The van der Waals surface area contributed by atoms with E-state index < -0.39 is 0 Å². The van der Waals surface area contributed by atoms with Crippen molar-refractivity contribution in [1.82, 2.24) is 0 Å². The summed E-state index contributed by atoms with van der Waals surface area (Å²) in [7, 11) is 0. The van der Waals surface area contributed by atoms with Gasteiger partial charge in [0, 0.05) is 28.7 Å². The molecule has 0 aliphatic carbocycles. The number of ketones is 1. The van der Waals surface area contributed by atoms with Crippen LogP contribution in [-0.2, 0) is 0 Å². The van der Waals surface area contributed by atoms with Crippen LogP contribution in [0.5, 0.6) is 0 Å². The molecule has 0 atom stereocenters. The van der Waals surface area contributed by atoms with Crippen LogP contribution in [0.25, 0.3) is 0 Å². The summed E-state index contributed by atoms with van der Waals surface area (Å²) in [5.74, 6) is 0.234. The predicted molar refractivity (Wildman–Crippen MR) is 56.3 cm³/mol. The minimum absolute atomic E-state index is 0.234. The molecule has 13 heavy (non-hydrogen) atoms. The highest BCUT2D eigenvalue weighted by Gasteiger charge is 2.18. The number of hydrogen-bond donors (Lipinski definition) is 1. The van der Waals surface area contributed by atoms with Gasteiger partial charge in [0.05, 0.1) is 0 Å². The number of anilines is 1. The second kappa shape index (κ2) is 3.14. The molecule has 1 heterocycles. The van der Waals surface area contributed by atoms with Gasteiger partial charge in [0.15, 0.2) is 5.78 Å². The van der Waals surface area contributed by atoms with Crippen molar-refractivity contribution in [1.29, 1.82) is 0 Å². The van der Waals surface area contributed by atoms with E-state index in [-0.39, 0.29) is 5.78 Å². The maximum atomic E-state index is 11.5. The van der Waals surface area contributed by atoms with Crippen LogP contribution < -0.4 is 5.32 Å². The van der Waals surface area contributed by atoms with Crippen LogP contribution >= 0.6 is 15.9 Å². The summed E-state index contributed by atoms with van der Waals surface area (Å²) >= 11 is 3.39. The number of aryl methyl sites for hydroxylation is 1. The first-order chi connectivity index (χ1) is 6.18. The largest absolute Gasteiger partial charge is 0.384 e. The summed E-state index contributed by atoms with van der Waals surface area (Å²) < 4.78 is 0.973. The van der Waals surface area contributed by atoms with E-state index in [1.165, 1.54) is 0 Å². The van der Waals surface area contributed by atoms with Gasteiger partial charge in [-0.25, -0.2) is 0 Å². The molecule has 0 aromatic heterocycles. The van der Waals surface area contributed by atoms with Gasteiger partial charge in [-0.15, -0.1) is 0 Å². The topological polar surface area (TPSA) is 29.1 Å². The highest BCUT2D eigenvalue weighted by molar-refractivity contribution is 9.10. The van der Waals surface area contributed by atoms with E-state index in [0.717, 1.165) is 27.8 Å². The first kappa shape index (κ1) is 8.75. The molecule has 0 saturated carbocycles. The third-order valence-electron chi connectivity index (χ3n) is 2.25. The molecule has 0 saturated heterocycles. The molecule has 1 N–H and O–H groups in total. The van der Waals surface area contributed by atoms with E-state index in [2.05, 4.69) is 21.2 Å². The van der Waals surface area contributed by atoms with E-state index in [9.17, 15) is 4.79 Å². The van der Waals surface area contributed by atoms with Crippen LogP contribution in [0, 0.1) is 6.92 Å². The minimum atomic E-state index is 0.234. The minimum Gasteiger partial charge on any atom is -0.384 e. The average Bonchev–Trinajstić information content (AvgIpc) is 2.07. The summed E-state index contributed by atoms with van der Waals surface area (Å²) in [6, 6.07) is 3.90. The van der Waals surface area contributed by atoms with Crippen LogP contribution in [0.4, 0.5) is 5.69 Å². The van der Waals surface area contributed by atoms with Crippen molar-refractivity contribution in [2.75, 3.05) is 11.9 Å². The summed E-state index contributed by atoms with van der Waals surface area (Å²) in [6.07, 6.45) is 0.600. The number of carbonyl (C=O) groups is 1. The lowest BCUT2D eigenvalue weighted by molar-refractivity contribution is 0.0983. The molecule has 68 valence electrons. The van der Waals surface area contributed by atoms with Gasteiger partial charge in [-0.2, -0.15) is 0 Å². The van der Waals surface area contributed by atoms with E-state index >= 15 is 0 Å². The van der Waals surface area contributed by atoms with Gasteiger partial charge in [-0.05, 0) is 24.6 Å². The van der Waals surface area contributed by atoms with Gasteiger partial charge in [-0.1, -0.05) is 15.9 Å². The smallest absolute Gasteiger partial charge is 0.166 e. The van der Waals surface area contributed by atoms with Crippen molar-refractivity contribution in [3.05, 3.63) is 27.7 Å². The molecule has 0 unspecified atom stereocenters. The third kappa shape index (κ3) is 1.48.